The lowest BCUT2D eigenvalue weighted by Gasteiger charge is -2.26. The molecule has 1 aromatic rings. The number of hydrogen-bond donors (Lipinski definition) is 2. The van der Waals surface area contributed by atoms with E-state index in [-0.39, 0.29) is 0 Å². The van der Waals surface area contributed by atoms with Gasteiger partial charge in [0.25, 0.3) is 0 Å². The quantitative estimate of drug-likeness (QED) is 0.857. The molecule has 19 heavy (non-hydrogen) atoms. The molecule has 0 saturated carbocycles. The van der Waals surface area contributed by atoms with E-state index in [4.69, 9.17) is 23.1 Å². The van der Waals surface area contributed by atoms with Crippen molar-refractivity contribution in [1.82, 2.24) is 4.90 Å². The summed E-state index contributed by atoms with van der Waals surface area (Å²) in [7, 11) is 0. The van der Waals surface area contributed by atoms with Gasteiger partial charge in [0.05, 0.1) is 0 Å². The summed E-state index contributed by atoms with van der Waals surface area (Å²) in [6, 6.07) is 5.55. The average molecular weight is 282 g/mol. The second kappa shape index (κ2) is 6.37. The van der Waals surface area contributed by atoms with E-state index in [9.17, 15) is 4.79 Å². The van der Waals surface area contributed by atoms with Gasteiger partial charge in [0.1, 0.15) is 0 Å². The van der Waals surface area contributed by atoms with Crippen molar-refractivity contribution in [2.75, 3.05) is 19.6 Å². The maximum absolute atomic E-state index is 11.1. The number of likely N-dealkylation sites (tertiary alicyclic amines) is 1. The molecule has 0 radical (unpaired) electrons. The van der Waals surface area contributed by atoms with Gasteiger partial charge in [-0.05, 0) is 50.0 Å². The standard InChI is InChI=1S/C14H20ClN3O/c15-13-8-11(14(17)19)4-3-10(13)7-12(9-16)18-5-1-2-6-18/h3-4,8,12H,1-2,5-7,9,16H2,(H2,17,19). The van der Waals surface area contributed by atoms with Crippen LogP contribution in [0.3, 0.4) is 0 Å². The van der Waals surface area contributed by atoms with E-state index in [0.29, 0.717) is 23.2 Å². The van der Waals surface area contributed by atoms with Crippen molar-refractivity contribution in [2.24, 2.45) is 11.5 Å². The number of hydrogen-bond acceptors (Lipinski definition) is 3. The molecule has 1 atom stereocenters. The fourth-order valence-electron chi connectivity index (χ4n) is 2.59. The Kier molecular flexibility index (Phi) is 4.80. The second-order valence-corrected chi connectivity index (χ2v) is 5.41. The molecule has 5 heteroatoms. The van der Waals surface area contributed by atoms with Gasteiger partial charge in [0.15, 0.2) is 0 Å². The first kappa shape index (κ1) is 14.3. The van der Waals surface area contributed by atoms with Gasteiger partial charge in [-0.3, -0.25) is 9.69 Å². The van der Waals surface area contributed by atoms with Crippen molar-refractivity contribution in [3.05, 3.63) is 34.3 Å². The largest absolute Gasteiger partial charge is 0.366 e. The third-order valence-electron chi connectivity index (χ3n) is 3.72. The highest BCUT2D eigenvalue weighted by Crippen LogP contribution is 2.22. The first-order valence-electron chi connectivity index (χ1n) is 6.64. The molecule has 0 aliphatic carbocycles. The van der Waals surface area contributed by atoms with E-state index in [1.54, 1.807) is 12.1 Å². The summed E-state index contributed by atoms with van der Waals surface area (Å²) in [6.07, 6.45) is 3.30. The molecule has 0 aromatic heterocycles. The number of nitrogens with zero attached hydrogens (tertiary/aromatic N) is 1. The fourth-order valence-corrected chi connectivity index (χ4v) is 2.85. The van der Waals surface area contributed by atoms with Crippen molar-refractivity contribution in [2.45, 2.75) is 25.3 Å². The Hall–Kier alpha value is -1.10. The zero-order valence-electron chi connectivity index (χ0n) is 10.9. The molecule has 1 unspecified atom stereocenters. The van der Waals surface area contributed by atoms with E-state index in [1.807, 2.05) is 6.07 Å². The van der Waals surface area contributed by atoms with Crippen LogP contribution in [0, 0.1) is 0 Å². The minimum atomic E-state index is -0.455. The van der Waals surface area contributed by atoms with Gasteiger partial charge < -0.3 is 11.5 Å². The zero-order chi connectivity index (χ0) is 13.8. The normalized spacial score (nSPS) is 17.6. The minimum Gasteiger partial charge on any atom is -0.366 e. The number of nitrogens with two attached hydrogens (primary N) is 2. The molecule has 1 saturated heterocycles. The highest BCUT2D eigenvalue weighted by atomic mass is 35.5. The number of primary amides is 1. The Morgan fingerprint density at radius 1 is 1.37 bits per heavy atom. The van der Waals surface area contributed by atoms with Crippen LogP contribution < -0.4 is 11.5 Å². The second-order valence-electron chi connectivity index (χ2n) is 5.01. The van der Waals surface area contributed by atoms with Crippen molar-refractivity contribution < 1.29 is 4.79 Å². The lowest BCUT2D eigenvalue weighted by atomic mass is 10.0. The maximum Gasteiger partial charge on any atom is 0.248 e. The van der Waals surface area contributed by atoms with Gasteiger partial charge in [-0.25, -0.2) is 0 Å². The smallest absolute Gasteiger partial charge is 0.248 e. The van der Waals surface area contributed by atoms with Gasteiger partial charge in [-0.15, -0.1) is 0 Å². The van der Waals surface area contributed by atoms with Crippen molar-refractivity contribution in [1.29, 1.82) is 0 Å². The van der Waals surface area contributed by atoms with Crippen LogP contribution in [0.5, 0.6) is 0 Å². The van der Waals surface area contributed by atoms with Gasteiger partial charge in [0, 0.05) is 23.2 Å². The minimum absolute atomic E-state index is 0.319. The molecule has 4 nitrogen and oxygen atoms in total. The van der Waals surface area contributed by atoms with Gasteiger partial charge >= 0.3 is 0 Å². The molecule has 2 rings (SSSR count). The van der Waals surface area contributed by atoms with Crippen molar-refractivity contribution in [3.8, 4) is 0 Å². The third-order valence-corrected chi connectivity index (χ3v) is 4.07. The Labute approximate surface area is 118 Å². The summed E-state index contributed by atoms with van der Waals surface area (Å²) in [5.41, 5.74) is 12.6. The summed E-state index contributed by atoms with van der Waals surface area (Å²) in [5, 5.41) is 0.592. The van der Waals surface area contributed by atoms with E-state index < -0.39 is 5.91 Å². The molecule has 0 bridgehead atoms. The molecule has 1 heterocycles. The van der Waals surface area contributed by atoms with Crippen LogP contribution in [0.25, 0.3) is 0 Å². The first-order valence-corrected chi connectivity index (χ1v) is 7.02. The fraction of sp³-hybridized carbons (Fsp3) is 0.500. The number of amides is 1. The molecule has 1 aliphatic rings. The summed E-state index contributed by atoms with van der Waals surface area (Å²) >= 11 is 6.21. The molecule has 0 spiro atoms. The molecule has 1 aromatic carbocycles. The van der Waals surface area contributed by atoms with Crippen LogP contribution in [-0.4, -0.2) is 36.5 Å². The van der Waals surface area contributed by atoms with E-state index >= 15 is 0 Å². The van der Waals surface area contributed by atoms with Gasteiger partial charge in [0.2, 0.25) is 5.91 Å². The molecule has 4 N–H and O–H groups in total. The van der Waals surface area contributed by atoms with Crippen LogP contribution in [0.2, 0.25) is 5.02 Å². The zero-order valence-corrected chi connectivity index (χ0v) is 11.7. The van der Waals surface area contributed by atoms with E-state index in [1.165, 1.54) is 12.8 Å². The number of carbonyl (C=O) groups excluding carboxylic acids is 1. The predicted octanol–water partition coefficient (Wildman–Crippen LogP) is 1.40. The van der Waals surface area contributed by atoms with E-state index in [0.717, 1.165) is 25.1 Å². The summed E-state index contributed by atoms with van der Waals surface area (Å²) in [4.78, 5) is 13.5. The highest BCUT2D eigenvalue weighted by molar-refractivity contribution is 6.31. The molecule has 1 amide bonds. The summed E-state index contributed by atoms with van der Waals surface area (Å²) in [6.45, 7) is 2.84. The topological polar surface area (TPSA) is 72.3 Å². The van der Waals surface area contributed by atoms with Crippen LogP contribution in [0.15, 0.2) is 18.2 Å². The summed E-state index contributed by atoms with van der Waals surface area (Å²) < 4.78 is 0. The predicted molar refractivity (Wildman–Crippen MR) is 77.3 cm³/mol. The van der Waals surface area contributed by atoms with Crippen LogP contribution in [-0.2, 0) is 6.42 Å². The van der Waals surface area contributed by atoms with Crippen LogP contribution >= 0.6 is 11.6 Å². The van der Waals surface area contributed by atoms with Gasteiger partial charge in [-0.1, -0.05) is 17.7 Å². The molecule has 1 aliphatic heterocycles. The molecule has 1 fully saturated rings. The Morgan fingerprint density at radius 3 is 2.58 bits per heavy atom. The molecule has 104 valence electrons. The number of rotatable bonds is 5. The number of carbonyl (C=O) groups is 1. The van der Waals surface area contributed by atoms with Gasteiger partial charge in [-0.2, -0.15) is 0 Å². The number of benzene rings is 1. The maximum atomic E-state index is 11.1. The average Bonchev–Trinajstić information content (AvgIpc) is 2.91. The highest BCUT2D eigenvalue weighted by Gasteiger charge is 2.21. The number of halogens is 1. The van der Waals surface area contributed by atoms with Crippen LogP contribution in [0.4, 0.5) is 0 Å². The Morgan fingerprint density at radius 2 is 2.05 bits per heavy atom. The van der Waals surface area contributed by atoms with E-state index in [2.05, 4.69) is 4.90 Å². The third kappa shape index (κ3) is 3.47. The lowest BCUT2D eigenvalue weighted by molar-refractivity contribution is 0.100. The summed E-state index contributed by atoms with van der Waals surface area (Å²) in [5.74, 6) is -0.455. The Bertz CT molecular complexity index is 458. The monoisotopic (exact) mass is 281 g/mol. The van der Waals surface area contributed by atoms with Crippen LogP contribution in [0.1, 0.15) is 28.8 Å². The SMILES string of the molecule is NCC(Cc1ccc(C(N)=O)cc1Cl)N1CCCC1. The Balaban J connectivity index is 2.10. The van der Waals surface area contributed by atoms with Crippen molar-refractivity contribution >= 4 is 17.5 Å². The van der Waals surface area contributed by atoms with Crippen molar-refractivity contribution in [3.63, 3.8) is 0 Å². The molecular formula is C14H20ClN3O. The first-order chi connectivity index (χ1) is 9.11. The lowest BCUT2D eigenvalue weighted by Crippen LogP contribution is -2.40. The molecular weight excluding hydrogens is 262 g/mol.